The first-order valence-corrected chi connectivity index (χ1v) is 8.79. The Kier molecular flexibility index (Phi) is 4.80. The molecule has 5 atom stereocenters. The molecule has 3 heterocycles. The van der Waals surface area contributed by atoms with Gasteiger partial charge in [0.05, 0.1) is 25.2 Å². The number of ether oxygens (including phenoxy) is 2. The number of amides is 2. The summed E-state index contributed by atoms with van der Waals surface area (Å²) in [6.07, 6.45) is 1.74. The molecule has 3 aliphatic rings. The van der Waals surface area contributed by atoms with Crippen LogP contribution >= 0.6 is 0 Å². The number of rotatable bonds is 3. The Hall–Kier alpha value is -1.63. The second-order valence-corrected chi connectivity index (χ2v) is 6.99. The highest BCUT2D eigenvalue weighted by Crippen LogP contribution is 2.37. The molecule has 3 saturated heterocycles. The van der Waals surface area contributed by atoms with Gasteiger partial charge in [-0.3, -0.25) is 9.59 Å². The Morgan fingerprint density at radius 2 is 2.08 bits per heavy atom. The fraction of sp³-hybridized carbons (Fsp3) is 0.824. The van der Waals surface area contributed by atoms with E-state index < -0.39 is 6.10 Å². The summed E-state index contributed by atoms with van der Waals surface area (Å²) in [4.78, 5) is 40.5. The zero-order valence-corrected chi connectivity index (χ0v) is 14.6. The van der Waals surface area contributed by atoms with Gasteiger partial charge >= 0.3 is 5.97 Å². The zero-order valence-electron chi connectivity index (χ0n) is 14.6. The molecule has 7 nitrogen and oxygen atoms in total. The van der Waals surface area contributed by atoms with Crippen molar-refractivity contribution in [2.24, 2.45) is 5.92 Å². The Bertz CT molecular complexity index is 537. The minimum atomic E-state index is -0.594. The highest BCUT2D eigenvalue weighted by molar-refractivity contribution is 5.89. The van der Waals surface area contributed by atoms with E-state index >= 15 is 0 Å². The third-order valence-electron chi connectivity index (χ3n) is 5.59. The molecule has 3 rings (SSSR count). The Morgan fingerprint density at radius 3 is 2.71 bits per heavy atom. The third kappa shape index (κ3) is 2.90. The highest BCUT2D eigenvalue weighted by Gasteiger charge is 2.49. The third-order valence-corrected chi connectivity index (χ3v) is 5.59. The Morgan fingerprint density at radius 1 is 1.33 bits per heavy atom. The lowest BCUT2D eigenvalue weighted by Gasteiger charge is -2.42. The minimum absolute atomic E-state index is 0.0237. The summed E-state index contributed by atoms with van der Waals surface area (Å²) >= 11 is 0. The molecule has 3 aliphatic heterocycles. The molecule has 0 spiro atoms. The van der Waals surface area contributed by atoms with E-state index in [0.717, 1.165) is 12.8 Å². The summed E-state index contributed by atoms with van der Waals surface area (Å²) in [5.41, 5.74) is 0. The molecule has 24 heavy (non-hydrogen) atoms. The molecule has 0 radical (unpaired) electrons. The van der Waals surface area contributed by atoms with Crippen molar-refractivity contribution in [1.29, 1.82) is 0 Å². The molecule has 0 aromatic rings. The van der Waals surface area contributed by atoms with Gasteiger partial charge in [0, 0.05) is 32.0 Å². The van der Waals surface area contributed by atoms with Crippen molar-refractivity contribution in [3.8, 4) is 0 Å². The van der Waals surface area contributed by atoms with E-state index in [1.165, 1.54) is 7.11 Å². The highest BCUT2D eigenvalue weighted by atomic mass is 16.6. The summed E-state index contributed by atoms with van der Waals surface area (Å²) in [7, 11) is 1.35. The Balaban J connectivity index is 1.74. The fourth-order valence-corrected chi connectivity index (χ4v) is 4.27. The van der Waals surface area contributed by atoms with Crippen molar-refractivity contribution in [2.75, 3.05) is 20.2 Å². The van der Waals surface area contributed by atoms with Gasteiger partial charge in [0.2, 0.25) is 11.8 Å². The van der Waals surface area contributed by atoms with Crippen LogP contribution in [0.1, 0.15) is 39.5 Å². The molecule has 0 aliphatic carbocycles. The predicted molar refractivity (Wildman–Crippen MR) is 85.0 cm³/mol. The molecule has 0 saturated carbocycles. The lowest BCUT2D eigenvalue weighted by molar-refractivity contribution is -0.154. The molecular formula is C17H26N2O5. The zero-order chi connectivity index (χ0) is 17.4. The average molecular weight is 338 g/mol. The number of fused-ring (bicyclic) bond motifs is 1. The monoisotopic (exact) mass is 338 g/mol. The number of nitrogens with zero attached hydrogens (tertiary/aromatic N) is 2. The number of hydrogen-bond donors (Lipinski definition) is 0. The second-order valence-electron chi connectivity index (χ2n) is 6.99. The van der Waals surface area contributed by atoms with Crippen molar-refractivity contribution in [1.82, 2.24) is 9.80 Å². The van der Waals surface area contributed by atoms with Crippen LogP contribution in [-0.4, -0.2) is 72.1 Å². The first-order chi connectivity index (χ1) is 11.5. The predicted octanol–water partition coefficient (Wildman–Crippen LogP) is 0.565. The lowest BCUT2D eigenvalue weighted by Crippen LogP contribution is -2.55. The van der Waals surface area contributed by atoms with Crippen LogP contribution in [0.4, 0.5) is 0 Å². The minimum Gasteiger partial charge on any atom is -0.467 e. The van der Waals surface area contributed by atoms with E-state index in [1.54, 1.807) is 4.90 Å². The van der Waals surface area contributed by atoms with Crippen molar-refractivity contribution in [3.05, 3.63) is 0 Å². The Labute approximate surface area is 142 Å². The van der Waals surface area contributed by atoms with Crippen LogP contribution in [0.3, 0.4) is 0 Å². The molecule has 0 unspecified atom stereocenters. The van der Waals surface area contributed by atoms with Gasteiger partial charge in [-0.15, -0.1) is 0 Å². The van der Waals surface area contributed by atoms with Crippen LogP contribution in [0, 0.1) is 5.92 Å². The molecule has 0 aromatic heterocycles. The van der Waals surface area contributed by atoms with E-state index in [-0.39, 0.29) is 48.3 Å². The molecular weight excluding hydrogens is 312 g/mol. The topological polar surface area (TPSA) is 76.2 Å². The SMILES string of the molecule is CCN1C[C@H](C(=O)N2[C@H](C)CC[C@@H]3O[C@@H](C(=O)OC)C[C@@H]32)CC1=O. The van der Waals surface area contributed by atoms with Gasteiger partial charge in [0.15, 0.2) is 6.10 Å². The average Bonchev–Trinajstić information content (AvgIpc) is 3.16. The largest absolute Gasteiger partial charge is 0.467 e. The van der Waals surface area contributed by atoms with Crippen LogP contribution in [0.15, 0.2) is 0 Å². The maximum Gasteiger partial charge on any atom is 0.335 e. The molecule has 0 bridgehead atoms. The van der Waals surface area contributed by atoms with Gasteiger partial charge in [-0.25, -0.2) is 4.79 Å². The number of likely N-dealkylation sites (tertiary alicyclic amines) is 2. The van der Waals surface area contributed by atoms with E-state index in [4.69, 9.17) is 9.47 Å². The lowest BCUT2D eigenvalue weighted by atomic mass is 9.90. The van der Waals surface area contributed by atoms with Gasteiger partial charge in [-0.05, 0) is 26.7 Å². The summed E-state index contributed by atoms with van der Waals surface area (Å²) in [5, 5.41) is 0. The first kappa shape index (κ1) is 17.2. The first-order valence-electron chi connectivity index (χ1n) is 8.79. The maximum absolute atomic E-state index is 13.1. The maximum atomic E-state index is 13.1. The number of methoxy groups -OCH3 is 1. The standard InChI is InChI=1S/C17H26N2O5/c1-4-18-9-11(7-15(18)20)16(21)19-10(2)5-6-13-12(19)8-14(24-13)17(22)23-3/h10-14H,4-9H2,1-3H3/t10-,11-,12+,13+,14-/m1/s1. The quantitative estimate of drug-likeness (QED) is 0.703. The van der Waals surface area contributed by atoms with Crippen molar-refractivity contribution < 1.29 is 23.9 Å². The molecule has 0 N–H and O–H groups in total. The fourth-order valence-electron chi connectivity index (χ4n) is 4.27. The number of carbonyl (C=O) groups excluding carboxylic acids is 3. The van der Waals surface area contributed by atoms with Gasteiger partial charge in [-0.2, -0.15) is 0 Å². The van der Waals surface area contributed by atoms with Crippen LogP contribution in [0.5, 0.6) is 0 Å². The second kappa shape index (κ2) is 6.70. The van der Waals surface area contributed by atoms with Gasteiger partial charge < -0.3 is 19.3 Å². The normalized spacial score (nSPS) is 36.0. The molecule has 134 valence electrons. The summed E-state index contributed by atoms with van der Waals surface area (Å²) in [6.45, 7) is 5.10. The van der Waals surface area contributed by atoms with Gasteiger partial charge in [0.25, 0.3) is 0 Å². The molecule has 3 fully saturated rings. The summed E-state index contributed by atoms with van der Waals surface area (Å²) in [5.74, 6) is -0.587. The smallest absolute Gasteiger partial charge is 0.335 e. The number of hydrogen-bond acceptors (Lipinski definition) is 5. The number of carbonyl (C=O) groups is 3. The van der Waals surface area contributed by atoms with Crippen molar-refractivity contribution in [2.45, 2.75) is 63.8 Å². The molecule has 7 heteroatoms. The van der Waals surface area contributed by atoms with E-state index in [2.05, 4.69) is 0 Å². The molecule has 2 amide bonds. The molecule has 0 aromatic carbocycles. The van der Waals surface area contributed by atoms with E-state index in [0.29, 0.717) is 19.5 Å². The summed E-state index contributed by atoms with van der Waals surface area (Å²) in [6, 6.07) is 0.000606. The van der Waals surface area contributed by atoms with Crippen LogP contribution < -0.4 is 0 Å². The van der Waals surface area contributed by atoms with Crippen molar-refractivity contribution >= 4 is 17.8 Å². The van der Waals surface area contributed by atoms with Crippen LogP contribution in [-0.2, 0) is 23.9 Å². The van der Waals surface area contributed by atoms with Crippen LogP contribution in [0.2, 0.25) is 0 Å². The summed E-state index contributed by atoms with van der Waals surface area (Å²) < 4.78 is 10.6. The van der Waals surface area contributed by atoms with Crippen LogP contribution in [0.25, 0.3) is 0 Å². The van der Waals surface area contributed by atoms with Gasteiger partial charge in [0.1, 0.15) is 0 Å². The number of piperidine rings is 1. The van der Waals surface area contributed by atoms with Gasteiger partial charge in [-0.1, -0.05) is 0 Å². The van der Waals surface area contributed by atoms with E-state index in [9.17, 15) is 14.4 Å². The number of esters is 1. The van der Waals surface area contributed by atoms with E-state index in [1.807, 2.05) is 18.7 Å². The van der Waals surface area contributed by atoms with Crippen molar-refractivity contribution in [3.63, 3.8) is 0 Å².